The van der Waals surface area contributed by atoms with Crippen LogP contribution in [0.1, 0.15) is 11.7 Å². The van der Waals surface area contributed by atoms with Gasteiger partial charge in [-0.2, -0.15) is 4.98 Å². The predicted molar refractivity (Wildman–Crippen MR) is 60.1 cm³/mol. The van der Waals surface area contributed by atoms with E-state index in [0.717, 1.165) is 11.4 Å². The van der Waals surface area contributed by atoms with E-state index in [1.54, 1.807) is 19.3 Å². The maximum absolute atomic E-state index is 4.87. The molecular formula is C10H13N5O. The highest BCUT2D eigenvalue weighted by Gasteiger charge is 2.01. The van der Waals surface area contributed by atoms with Crippen molar-refractivity contribution in [2.75, 3.05) is 17.7 Å². The van der Waals surface area contributed by atoms with Crippen LogP contribution in [0, 0.1) is 6.92 Å². The summed E-state index contributed by atoms with van der Waals surface area (Å²) in [6.45, 7) is 2.28. The number of aryl methyl sites for hydroxylation is 1. The second-order valence-corrected chi connectivity index (χ2v) is 3.30. The third kappa shape index (κ3) is 2.47. The molecular weight excluding hydrogens is 206 g/mol. The molecule has 2 rings (SSSR count). The summed E-state index contributed by atoms with van der Waals surface area (Å²) in [7, 11) is 1.85. The van der Waals surface area contributed by atoms with Gasteiger partial charge in [0.05, 0.1) is 30.3 Å². The fourth-order valence-electron chi connectivity index (χ4n) is 1.27. The predicted octanol–water partition coefficient (Wildman–Crippen LogP) is 1.43. The van der Waals surface area contributed by atoms with Crippen molar-refractivity contribution in [1.82, 2.24) is 15.1 Å². The fourth-order valence-corrected chi connectivity index (χ4v) is 1.27. The summed E-state index contributed by atoms with van der Waals surface area (Å²) in [5.74, 6) is 1.20. The lowest BCUT2D eigenvalue weighted by Crippen LogP contribution is -2.02. The minimum absolute atomic E-state index is 0.520. The second kappa shape index (κ2) is 4.61. The maximum Gasteiger partial charge on any atom is 0.223 e. The summed E-state index contributed by atoms with van der Waals surface area (Å²) < 4.78 is 4.87. The van der Waals surface area contributed by atoms with Crippen molar-refractivity contribution >= 4 is 11.4 Å². The van der Waals surface area contributed by atoms with Gasteiger partial charge in [0.25, 0.3) is 0 Å². The number of nitrogens with one attached hydrogen (secondary N) is 2. The summed E-state index contributed by atoms with van der Waals surface area (Å²) >= 11 is 0. The smallest absolute Gasteiger partial charge is 0.223 e. The lowest BCUT2D eigenvalue weighted by atomic mass is 10.3. The monoisotopic (exact) mass is 219 g/mol. The fraction of sp³-hybridized carbons (Fsp3) is 0.300. The molecule has 0 saturated carbocycles. The van der Waals surface area contributed by atoms with Gasteiger partial charge in [0.1, 0.15) is 0 Å². The molecule has 0 spiro atoms. The highest BCUT2D eigenvalue weighted by atomic mass is 16.5. The first kappa shape index (κ1) is 10.4. The van der Waals surface area contributed by atoms with Crippen LogP contribution in [0.4, 0.5) is 11.4 Å². The number of anilines is 2. The minimum Gasteiger partial charge on any atom is -0.387 e. The van der Waals surface area contributed by atoms with Crippen molar-refractivity contribution in [3.05, 3.63) is 30.2 Å². The zero-order valence-electron chi connectivity index (χ0n) is 9.19. The van der Waals surface area contributed by atoms with Crippen LogP contribution in [0.15, 0.2) is 23.0 Å². The van der Waals surface area contributed by atoms with E-state index in [2.05, 4.69) is 25.8 Å². The molecule has 0 aliphatic rings. The van der Waals surface area contributed by atoms with Gasteiger partial charge in [0.2, 0.25) is 5.89 Å². The Bertz CT molecular complexity index is 468. The van der Waals surface area contributed by atoms with E-state index in [4.69, 9.17) is 4.52 Å². The Morgan fingerprint density at radius 3 is 2.81 bits per heavy atom. The van der Waals surface area contributed by atoms with E-state index in [1.165, 1.54) is 0 Å². The van der Waals surface area contributed by atoms with E-state index in [9.17, 15) is 0 Å². The van der Waals surface area contributed by atoms with Crippen LogP contribution in [0.2, 0.25) is 0 Å². The van der Waals surface area contributed by atoms with Crippen molar-refractivity contribution in [2.24, 2.45) is 0 Å². The number of nitrogens with zero attached hydrogens (tertiary/aromatic N) is 3. The van der Waals surface area contributed by atoms with Gasteiger partial charge in [-0.3, -0.25) is 4.98 Å². The van der Waals surface area contributed by atoms with Gasteiger partial charge in [-0.1, -0.05) is 5.16 Å². The molecule has 0 amide bonds. The molecule has 0 aromatic carbocycles. The molecule has 2 heterocycles. The van der Waals surface area contributed by atoms with Gasteiger partial charge < -0.3 is 15.2 Å². The Labute approximate surface area is 93.1 Å². The van der Waals surface area contributed by atoms with Crippen molar-refractivity contribution in [3.8, 4) is 0 Å². The quantitative estimate of drug-likeness (QED) is 0.810. The first-order chi connectivity index (χ1) is 7.78. The van der Waals surface area contributed by atoms with Crippen LogP contribution in [0.5, 0.6) is 0 Å². The number of hydrogen-bond donors (Lipinski definition) is 2. The standard InChI is InChI=1S/C10H13N5O/c1-7-14-10(15-16-7)6-13-9-3-8(11-2)4-12-5-9/h3-5,11,13H,6H2,1-2H3. The van der Waals surface area contributed by atoms with E-state index in [1.807, 2.05) is 13.1 Å². The zero-order chi connectivity index (χ0) is 11.4. The van der Waals surface area contributed by atoms with Crippen molar-refractivity contribution in [3.63, 3.8) is 0 Å². The summed E-state index contributed by atoms with van der Waals surface area (Å²) in [4.78, 5) is 8.18. The Morgan fingerprint density at radius 1 is 1.31 bits per heavy atom. The van der Waals surface area contributed by atoms with Crippen LogP contribution in [0.3, 0.4) is 0 Å². The number of aromatic nitrogens is 3. The average Bonchev–Trinajstić information content (AvgIpc) is 2.73. The summed E-state index contributed by atoms with van der Waals surface area (Å²) in [5, 5.41) is 9.97. The molecule has 16 heavy (non-hydrogen) atoms. The van der Waals surface area contributed by atoms with Gasteiger partial charge in [-0.15, -0.1) is 0 Å². The Hall–Kier alpha value is -2.11. The first-order valence-electron chi connectivity index (χ1n) is 4.94. The van der Waals surface area contributed by atoms with Crippen molar-refractivity contribution in [1.29, 1.82) is 0 Å². The number of pyridine rings is 1. The van der Waals surface area contributed by atoms with E-state index >= 15 is 0 Å². The topological polar surface area (TPSA) is 75.9 Å². The molecule has 0 radical (unpaired) electrons. The Kier molecular flexibility index (Phi) is 3.00. The largest absolute Gasteiger partial charge is 0.387 e. The van der Waals surface area contributed by atoms with Crippen LogP contribution < -0.4 is 10.6 Å². The molecule has 2 N–H and O–H groups in total. The lowest BCUT2D eigenvalue weighted by Gasteiger charge is -2.05. The first-order valence-corrected chi connectivity index (χ1v) is 4.94. The SMILES string of the molecule is CNc1cncc(NCc2noc(C)n2)c1. The van der Waals surface area contributed by atoms with Crippen LogP contribution in [0.25, 0.3) is 0 Å². The number of hydrogen-bond acceptors (Lipinski definition) is 6. The normalized spacial score (nSPS) is 10.1. The minimum atomic E-state index is 0.520. The van der Waals surface area contributed by atoms with Gasteiger partial charge >= 0.3 is 0 Å². The molecule has 6 heteroatoms. The summed E-state index contributed by atoms with van der Waals surface area (Å²) in [5.41, 5.74) is 1.86. The maximum atomic E-state index is 4.87. The van der Waals surface area contributed by atoms with Gasteiger partial charge in [-0.05, 0) is 6.07 Å². The van der Waals surface area contributed by atoms with Crippen molar-refractivity contribution < 1.29 is 4.52 Å². The molecule has 0 aliphatic heterocycles. The Morgan fingerprint density at radius 2 is 2.12 bits per heavy atom. The van der Waals surface area contributed by atoms with E-state index in [-0.39, 0.29) is 0 Å². The van der Waals surface area contributed by atoms with Crippen LogP contribution in [-0.4, -0.2) is 22.2 Å². The molecule has 0 aliphatic carbocycles. The second-order valence-electron chi connectivity index (χ2n) is 3.30. The van der Waals surface area contributed by atoms with Crippen molar-refractivity contribution in [2.45, 2.75) is 13.5 Å². The highest BCUT2D eigenvalue weighted by molar-refractivity contribution is 5.53. The summed E-state index contributed by atoms with van der Waals surface area (Å²) in [6, 6.07) is 1.96. The molecule has 0 saturated heterocycles. The Balaban J connectivity index is 1.99. The molecule has 2 aromatic rings. The van der Waals surface area contributed by atoms with Crippen LogP contribution in [-0.2, 0) is 6.54 Å². The molecule has 0 unspecified atom stereocenters. The molecule has 0 fully saturated rings. The zero-order valence-corrected chi connectivity index (χ0v) is 9.19. The van der Waals surface area contributed by atoms with E-state index in [0.29, 0.717) is 18.3 Å². The van der Waals surface area contributed by atoms with Gasteiger partial charge in [0, 0.05) is 14.0 Å². The van der Waals surface area contributed by atoms with Gasteiger partial charge in [0.15, 0.2) is 5.82 Å². The van der Waals surface area contributed by atoms with Crippen LogP contribution >= 0.6 is 0 Å². The molecule has 2 aromatic heterocycles. The van der Waals surface area contributed by atoms with Gasteiger partial charge in [-0.25, -0.2) is 0 Å². The highest BCUT2D eigenvalue weighted by Crippen LogP contribution is 2.12. The van der Waals surface area contributed by atoms with E-state index < -0.39 is 0 Å². The molecule has 6 nitrogen and oxygen atoms in total. The third-order valence-corrected chi connectivity index (χ3v) is 2.05. The average molecular weight is 219 g/mol. The summed E-state index contributed by atoms with van der Waals surface area (Å²) in [6.07, 6.45) is 3.50. The molecule has 84 valence electrons. The lowest BCUT2D eigenvalue weighted by molar-refractivity contribution is 0.388. The molecule has 0 atom stereocenters. The number of rotatable bonds is 4. The molecule has 0 bridgehead atoms. The third-order valence-electron chi connectivity index (χ3n) is 2.05.